The zero-order chi connectivity index (χ0) is 9.40. The van der Waals surface area contributed by atoms with Crippen LogP contribution in [0, 0.1) is 5.92 Å². The first-order valence-corrected chi connectivity index (χ1v) is 3.85. The van der Waals surface area contributed by atoms with E-state index in [1.165, 1.54) is 0 Å². The number of rotatable bonds is 2. The topological polar surface area (TPSA) is 78.8 Å². The number of carboxylic acids is 1. The smallest absolute Gasteiger partial charge is 0.0895 e. The number of hydrogen-bond donors (Lipinski definition) is 1. The maximum absolute atomic E-state index is 9.12. The molecule has 5 nitrogen and oxygen atoms in total. The Morgan fingerprint density at radius 3 is 2.17 bits per heavy atom. The molecule has 0 bridgehead atoms. The summed E-state index contributed by atoms with van der Waals surface area (Å²) < 4.78 is 0. The highest BCUT2D eigenvalue weighted by Crippen LogP contribution is 2.04. The van der Waals surface area contributed by atoms with Gasteiger partial charge in [0, 0.05) is 5.92 Å². The number of carbonyl (C=O) groups excluding carboxylic acids is 1. The Hall–Kier alpha value is -0.360. The molecule has 1 aliphatic heterocycles. The van der Waals surface area contributed by atoms with Gasteiger partial charge < -0.3 is 15.0 Å². The van der Waals surface area contributed by atoms with Gasteiger partial charge in [-0.15, -0.1) is 11.6 Å². The average molecular weight is 198 g/mol. The van der Waals surface area contributed by atoms with Crippen molar-refractivity contribution in [3.63, 3.8) is 0 Å². The molecular weight excluding hydrogens is 188 g/mol. The van der Waals surface area contributed by atoms with E-state index in [2.05, 4.69) is 21.4 Å². The number of carboxylic acid groups (broad SMARTS) is 1. The molecule has 72 valence electrons. The number of hydrogen-bond acceptors (Lipinski definition) is 5. The Morgan fingerprint density at radius 1 is 1.58 bits per heavy atom. The second-order valence-electron chi connectivity index (χ2n) is 2.12. The number of aliphatic hydroxyl groups excluding tert-OH is 1. The lowest BCUT2D eigenvalue weighted by atomic mass is 10.2. The first-order chi connectivity index (χ1) is 5.70. The fraction of sp³-hybridized carbons (Fsp3) is 0.833. The van der Waals surface area contributed by atoms with E-state index in [0.717, 1.165) is 0 Å². The minimum Gasteiger partial charge on any atom is -0.549 e. The summed E-state index contributed by atoms with van der Waals surface area (Å²) in [4.78, 5) is 18.1. The number of carbonyl (C=O) groups is 1. The van der Waals surface area contributed by atoms with Crippen LogP contribution < -0.4 is 5.11 Å². The van der Waals surface area contributed by atoms with E-state index in [1.807, 2.05) is 0 Å². The van der Waals surface area contributed by atoms with E-state index < -0.39 is 11.8 Å². The fourth-order valence-corrected chi connectivity index (χ4v) is 0.442. The second kappa shape index (κ2) is 7.30. The van der Waals surface area contributed by atoms with Gasteiger partial charge in [-0.2, -0.15) is 0 Å². The molecule has 0 aromatic heterocycles. The molecule has 0 aromatic carbocycles. The molecule has 0 amide bonds. The summed E-state index contributed by atoms with van der Waals surface area (Å²) in [5.41, 5.74) is 0. The summed E-state index contributed by atoms with van der Waals surface area (Å²) in [6, 6.07) is 0. The molecule has 1 heterocycles. The van der Waals surface area contributed by atoms with Crippen molar-refractivity contribution in [2.75, 3.05) is 25.7 Å². The quantitative estimate of drug-likeness (QED) is 0.432. The normalized spacial score (nSPS) is 16.8. The Morgan fingerprint density at radius 2 is 2.00 bits per heavy atom. The van der Waals surface area contributed by atoms with Crippen molar-refractivity contribution in [1.29, 1.82) is 0 Å². The van der Waals surface area contributed by atoms with Crippen LogP contribution in [-0.4, -0.2) is 36.8 Å². The summed E-state index contributed by atoms with van der Waals surface area (Å²) in [7, 11) is 0. The van der Waals surface area contributed by atoms with Crippen molar-refractivity contribution in [2.24, 2.45) is 5.92 Å². The number of halogens is 1. The van der Waals surface area contributed by atoms with Gasteiger partial charge in [0.15, 0.2) is 0 Å². The summed E-state index contributed by atoms with van der Waals surface area (Å²) in [6.45, 7) is 1.24. The van der Waals surface area contributed by atoms with Crippen LogP contribution in [0.25, 0.3) is 0 Å². The first-order valence-electron chi connectivity index (χ1n) is 3.31. The minimum absolute atomic E-state index is 0.167. The molecule has 0 aromatic rings. The van der Waals surface area contributed by atoms with Gasteiger partial charge in [0.1, 0.15) is 0 Å². The van der Waals surface area contributed by atoms with Crippen LogP contribution in [0.1, 0.15) is 0 Å². The Bertz CT molecular complexity index is 123. The van der Waals surface area contributed by atoms with Crippen molar-refractivity contribution in [1.82, 2.24) is 0 Å². The average Bonchev–Trinajstić information content (AvgIpc) is 2.57. The Kier molecular flexibility index (Phi) is 7.08. The highest BCUT2D eigenvalue weighted by Gasteiger charge is 2.14. The molecule has 1 aliphatic rings. The van der Waals surface area contributed by atoms with E-state index in [4.69, 9.17) is 15.0 Å². The molecule has 0 spiro atoms. The molecule has 6 heteroatoms. The highest BCUT2D eigenvalue weighted by atomic mass is 35.5. The molecule has 12 heavy (non-hydrogen) atoms. The van der Waals surface area contributed by atoms with Crippen molar-refractivity contribution in [2.45, 2.75) is 0 Å². The maximum atomic E-state index is 9.12. The molecule has 0 saturated carbocycles. The second-order valence-corrected chi connectivity index (χ2v) is 2.39. The third-order valence-electron chi connectivity index (χ3n) is 1.06. The lowest BCUT2D eigenvalue weighted by Gasteiger charge is -1.93. The highest BCUT2D eigenvalue weighted by molar-refractivity contribution is 6.25. The van der Waals surface area contributed by atoms with Crippen LogP contribution in [-0.2, 0) is 14.6 Å². The fourth-order valence-electron chi connectivity index (χ4n) is 0.442. The Balaban J connectivity index is 0.000000217. The molecule has 0 aliphatic carbocycles. The largest absolute Gasteiger partial charge is 0.549 e. The first kappa shape index (κ1) is 11.6. The molecule has 0 atom stereocenters. The SMILES string of the molecule is O=C([O-])CCl.OCC1COOC1. The van der Waals surface area contributed by atoms with Gasteiger partial charge in [-0.25, -0.2) is 9.78 Å². The summed E-state index contributed by atoms with van der Waals surface area (Å²) in [5, 5.41) is 17.5. The zero-order valence-electron chi connectivity index (χ0n) is 6.36. The van der Waals surface area contributed by atoms with Crippen molar-refractivity contribution >= 4 is 17.6 Å². The maximum Gasteiger partial charge on any atom is 0.0895 e. The van der Waals surface area contributed by atoms with E-state index in [0.29, 0.717) is 13.2 Å². The van der Waals surface area contributed by atoms with Gasteiger partial charge in [-0.1, -0.05) is 0 Å². The summed E-state index contributed by atoms with van der Waals surface area (Å²) >= 11 is 4.67. The predicted octanol–water partition coefficient (Wildman–Crippen LogP) is -1.47. The van der Waals surface area contributed by atoms with Crippen LogP contribution >= 0.6 is 11.6 Å². The molecule has 1 fully saturated rings. The van der Waals surface area contributed by atoms with Gasteiger partial charge in [0.05, 0.1) is 31.7 Å². The Labute approximate surface area is 74.8 Å². The van der Waals surface area contributed by atoms with Gasteiger partial charge in [0.25, 0.3) is 0 Å². The molecule has 1 saturated heterocycles. The molecular formula is C6H10ClO5-. The van der Waals surface area contributed by atoms with Gasteiger partial charge in [-0.05, 0) is 0 Å². The lowest BCUT2D eigenvalue weighted by Crippen LogP contribution is -2.23. The van der Waals surface area contributed by atoms with Crippen molar-refractivity contribution in [3.8, 4) is 0 Å². The summed E-state index contributed by atoms with van der Waals surface area (Å²) in [5.74, 6) is -1.44. The zero-order valence-corrected chi connectivity index (χ0v) is 7.12. The van der Waals surface area contributed by atoms with Gasteiger partial charge in [0.2, 0.25) is 0 Å². The summed E-state index contributed by atoms with van der Waals surface area (Å²) in [6.07, 6.45) is 0. The van der Waals surface area contributed by atoms with Crippen LogP contribution in [0.5, 0.6) is 0 Å². The molecule has 1 N–H and O–H groups in total. The third kappa shape index (κ3) is 6.36. The minimum atomic E-state index is -1.23. The predicted molar refractivity (Wildman–Crippen MR) is 38.2 cm³/mol. The molecule has 0 radical (unpaired) electrons. The van der Waals surface area contributed by atoms with Crippen molar-refractivity contribution < 1.29 is 24.8 Å². The van der Waals surface area contributed by atoms with E-state index in [-0.39, 0.29) is 12.5 Å². The monoisotopic (exact) mass is 197 g/mol. The van der Waals surface area contributed by atoms with Crippen LogP contribution in [0.2, 0.25) is 0 Å². The standard InChI is InChI=1S/C4H8O3.C2H3ClO2/c5-1-4-2-6-7-3-4;3-1-2(4)5/h4-5H,1-3H2;1H2,(H,4,5)/p-1. The lowest BCUT2D eigenvalue weighted by molar-refractivity contribution is -0.301. The van der Waals surface area contributed by atoms with Crippen LogP contribution in [0.15, 0.2) is 0 Å². The van der Waals surface area contributed by atoms with E-state index in [1.54, 1.807) is 0 Å². The van der Waals surface area contributed by atoms with Crippen molar-refractivity contribution in [3.05, 3.63) is 0 Å². The van der Waals surface area contributed by atoms with Gasteiger partial charge in [-0.3, -0.25) is 0 Å². The molecule has 1 rings (SSSR count). The number of alkyl halides is 1. The third-order valence-corrected chi connectivity index (χ3v) is 1.28. The molecule has 0 unspecified atom stereocenters. The van der Waals surface area contributed by atoms with Crippen LogP contribution in [0.3, 0.4) is 0 Å². The van der Waals surface area contributed by atoms with E-state index in [9.17, 15) is 0 Å². The van der Waals surface area contributed by atoms with Crippen LogP contribution in [0.4, 0.5) is 0 Å². The number of aliphatic hydroxyl groups is 1. The van der Waals surface area contributed by atoms with E-state index >= 15 is 0 Å². The number of aliphatic carboxylic acids is 1. The van der Waals surface area contributed by atoms with Gasteiger partial charge >= 0.3 is 0 Å².